The van der Waals surface area contributed by atoms with E-state index in [0.29, 0.717) is 18.0 Å². The van der Waals surface area contributed by atoms with Crippen molar-refractivity contribution in [1.29, 1.82) is 0 Å². The number of aliphatic carboxylic acids is 1. The molecule has 88 valence electrons. The Bertz CT molecular complexity index is 379. The normalized spacial score (nSPS) is 10.1. The molecule has 1 rings (SSSR count). The number of carboxylic acid groups (broad SMARTS) is 1. The van der Waals surface area contributed by atoms with Gasteiger partial charge in [-0.25, -0.2) is 4.98 Å². The maximum Gasteiger partial charge on any atom is 0.309 e. The Morgan fingerprint density at radius 3 is 3.00 bits per heavy atom. The van der Waals surface area contributed by atoms with Crippen molar-refractivity contribution < 1.29 is 14.7 Å². The number of nitrogens with zero attached hydrogens (tertiary/aromatic N) is 1. The minimum Gasteiger partial charge on any atom is -0.481 e. The lowest BCUT2D eigenvalue weighted by atomic mass is 10.3. The fraction of sp³-hybridized carbons (Fsp3) is 0.444. The first kappa shape index (κ1) is 13.0. The molecule has 0 saturated heterocycles. The molecule has 0 radical (unpaired) electrons. The molecule has 0 aliphatic heterocycles. The van der Waals surface area contributed by atoms with Crippen LogP contribution in [0.3, 0.4) is 0 Å². The second kappa shape index (κ2) is 6.49. The molecule has 0 fully saturated rings. The summed E-state index contributed by atoms with van der Waals surface area (Å²) >= 11 is 2.68. The largest absolute Gasteiger partial charge is 0.481 e. The smallest absolute Gasteiger partial charge is 0.309 e. The van der Waals surface area contributed by atoms with Crippen molar-refractivity contribution in [2.45, 2.75) is 17.7 Å². The predicted molar refractivity (Wildman–Crippen MR) is 62.9 cm³/mol. The molecule has 7 heteroatoms. The summed E-state index contributed by atoms with van der Waals surface area (Å²) in [6, 6.07) is 0. The Hall–Kier alpha value is -1.08. The SMILES string of the molecule is CCNC(=O)CSc1nc(CC(=O)O)cs1. The van der Waals surface area contributed by atoms with Crippen LogP contribution < -0.4 is 5.32 Å². The fourth-order valence-corrected chi connectivity index (χ4v) is 2.64. The first-order valence-corrected chi connectivity index (χ1v) is 6.54. The molecule has 0 atom stereocenters. The van der Waals surface area contributed by atoms with Gasteiger partial charge in [-0.15, -0.1) is 11.3 Å². The van der Waals surface area contributed by atoms with Crippen molar-refractivity contribution in [3.8, 4) is 0 Å². The molecular weight excluding hydrogens is 248 g/mol. The van der Waals surface area contributed by atoms with E-state index in [0.717, 1.165) is 4.34 Å². The van der Waals surface area contributed by atoms with Crippen LogP contribution in [0.15, 0.2) is 9.72 Å². The molecule has 1 amide bonds. The molecule has 0 unspecified atom stereocenters. The highest BCUT2D eigenvalue weighted by molar-refractivity contribution is 8.01. The van der Waals surface area contributed by atoms with Gasteiger partial charge in [-0.05, 0) is 6.92 Å². The van der Waals surface area contributed by atoms with Crippen LogP contribution in [0.1, 0.15) is 12.6 Å². The van der Waals surface area contributed by atoms with Gasteiger partial charge in [0, 0.05) is 11.9 Å². The summed E-state index contributed by atoms with van der Waals surface area (Å²) in [5, 5.41) is 12.9. The number of thioether (sulfide) groups is 1. The van der Waals surface area contributed by atoms with Crippen LogP contribution in [0.5, 0.6) is 0 Å². The summed E-state index contributed by atoms with van der Waals surface area (Å²) in [4.78, 5) is 25.7. The van der Waals surface area contributed by atoms with Crippen LogP contribution in [0.2, 0.25) is 0 Å². The molecule has 1 aromatic heterocycles. The second-order valence-corrected chi connectivity index (χ2v) is 5.00. The molecule has 1 aromatic rings. The van der Waals surface area contributed by atoms with Crippen molar-refractivity contribution in [3.05, 3.63) is 11.1 Å². The number of thiazole rings is 1. The van der Waals surface area contributed by atoms with E-state index >= 15 is 0 Å². The summed E-state index contributed by atoms with van der Waals surface area (Å²) in [5.74, 6) is -0.624. The van der Waals surface area contributed by atoms with E-state index in [-0.39, 0.29) is 12.3 Å². The number of rotatable bonds is 6. The third kappa shape index (κ3) is 4.63. The number of aromatic nitrogens is 1. The molecule has 0 saturated carbocycles. The number of hydrogen-bond donors (Lipinski definition) is 2. The molecule has 2 N–H and O–H groups in total. The number of carbonyl (C=O) groups excluding carboxylic acids is 1. The van der Waals surface area contributed by atoms with Crippen LogP contribution in [0.25, 0.3) is 0 Å². The zero-order valence-electron chi connectivity index (χ0n) is 8.73. The highest BCUT2D eigenvalue weighted by Crippen LogP contribution is 2.22. The summed E-state index contributed by atoms with van der Waals surface area (Å²) in [6.45, 7) is 2.47. The Balaban J connectivity index is 2.40. The van der Waals surface area contributed by atoms with Crippen LogP contribution in [-0.2, 0) is 16.0 Å². The molecule has 1 heterocycles. The zero-order chi connectivity index (χ0) is 12.0. The van der Waals surface area contributed by atoms with Crippen LogP contribution >= 0.6 is 23.1 Å². The quantitative estimate of drug-likeness (QED) is 0.746. The Morgan fingerprint density at radius 1 is 1.62 bits per heavy atom. The molecule has 0 aliphatic carbocycles. The van der Waals surface area contributed by atoms with Gasteiger partial charge in [-0.3, -0.25) is 9.59 Å². The van der Waals surface area contributed by atoms with Crippen molar-refractivity contribution in [1.82, 2.24) is 10.3 Å². The van der Waals surface area contributed by atoms with Crippen LogP contribution in [-0.4, -0.2) is 34.3 Å². The number of hydrogen-bond acceptors (Lipinski definition) is 5. The van der Waals surface area contributed by atoms with Crippen molar-refractivity contribution in [2.75, 3.05) is 12.3 Å². The van der Waals surface area contributed by atoms with Crippen LogP contribution in [0, 0.1) is 0 Å². The highest BCUT2D eigenvalue weighted by Gasteiger charge is 2.08. The highest BCUT2D eigenvalue weighted by atomic mass is 32.2. The maximum absolute atomic E-state index is 11.2. The topological polar surface area (TPSA) is 79.3 Å². The van der Waals surface area contributed by atoms with Crippen molar-refractivity contribution in [3.63, 3.8) is 0 Å². The summed E-state index contributed by atoms with van der Waals surface area (Å²) in [7, 11) is 0. The molecule has 0 aliphatic rings. The lowest BCUT2D eigenvalue weighted by Gasteiger charge is -1.98. The molecule has 0 spiro atoms. The molecule has 0 aromatic carbocycles. The third-order valence-corrected chi connectivity index (χ3v) is 3.63. The van der Waals surface area contributed by atoms with Crippen molar-refractivity contribution in [2.24, 2.45) is 0 Å². The van der Waals surface area contributed by atoms with Gasteiger partial charge in [-0.1, -0.05) is 11.8 Å². The minimum absolute atomic E-state index is 0.0394. The third-order valence-electron chi connectivity index (χ3n) is 1.56. The lowest BCUT2D eigenvalue weighted by Crippen LogP contribution is -2.24. The second-order valence-electron chi connectivity index (χ2n) is 2.92. The average molecular weight is 260 g/mol. The van der Waals surface area contributed by atoms with E-state index < -0.39 is 5.97 Å². The first-order chi connectivity index (χ1) is 7.61. The van der Waals surface area contributed by atoms with Gasteiger partial charge < -0.3 is 10.4 Å². The van der Waals surface area contributed by atoms with Gasteiger partial charge in [0.1, 0.15) is 0 Å². The van der Waals surface area contributed by atoms with E-state index in [9.17, 15) is 9.59 Å². The Kier molecular flexibility index (Phi) is 5.27. The number of amides is 1. The number of carboxylic acids is 1. The van der Waals surface area contributed by atoms with Crippen LogP contribution in [0.4, 0.5) is 0 Å². The predicted octanol–water partition coefficient (Wildman–Crippen LogP) is 0.998. The van der Waals surface area contributed by atoms with Gasteiger partial charge in [0.25, 0.3) is 0 Å². The van der Waals surface area contributed by atoms with E-state index in [1.54, 1.807) is 5.38 Å². The van der Waals surface area contributed by atoms with E-state index in [1.165, 1.54) is 23.1 Å². The Labute approximate surface area is 101 Å². The van der Waals surface area contributed by atoms with E-state index in [1.807, 2.05) is 6.92 Å². The van der Waals surface area contributed by atoms with E-state index in [4.69, 9.17) is 5.11 Å². The lowest BCUT2D eigenvalue weighted by molar-refractivity contribution is -0.136. The zero-order valence-corrected chi connectivity index (χ0v) is 10.4. The fourth-order valence-electron chi connectivity index (χ4n) is 0.966. The summed E-state index contributed by atoms with van der Waals surface area (Å²) in [5.41, 5.74) is 0.538. The van der Waals surface area contributed by atoms with Gasteiger partial charge in [0.05, 0.1) is 17.9 Å². The molecular formula is C9H12N2O3S2. The standard InChI is InChI=1S/C9H12N2O3S2/c1-2-10-7(12)5-16-9-11-6(4-15-9)3-8(13)14/h4H,2-3,5H2,1H3,(H,10,12)(H,13,14). The molecule has 16 heavy (non-hydrogen) atoms. The van der Waals surface area contributed by atoms with Gasteiger partial charge in [0.2, 0.25) is 5.91 Å². The monoisotopic (exact) mass is 260 g/mol. The Morgan fingerprint density at radius 2 is 2.38 bits per heavy atom. The number of carbonyl (C=O) groups is 2. The van der Waals surface area contributed by atoms with Gasteiger partial charge >= 0.3 is 5.97 Å². The van der Waals surface area contributed by atoms with Gasteiger partial charge in [-0.2, -0.15) is 0 Å². The minimum atomic E-state index is -0.898. The maximum atomic E-state index is 11.2. The first-order valence-electron chi connectivity index (χ1n) is 4.67. The van der Waals surface area contributed by atoms with E-state index in [2.05, 4.69) is 10.3 Å². The van der Waals surface area contributed by atoms with Crippen molar-refractivity contribution >= 4 is 35.0 Å². The number of nitrogens with one attached hydrogen (secondary N) is 1. The summed E-state index contributed by atoms with van der Waals surface area (Å²) in [6.07, 6.45) is -0.0712. The molecule has 5 nitrogen and oxygen atoms in total. The summed E-state index contributed by atoms with van der Waals surface area (Å²) < 4.78 is 0.725. The van der Waals surface area contributed by atoms with Gasteiger partial charge in [0.15, 0.2) is 4.34 Å². The molecule has 0 bridgehead atoms. The average Bonchev–Trinajstić information content (AvgIpc) is 2.62.